The van der Waals surface area contributed by atoms with Crippen LogP contribution >= 0.6 is 0 Å². The van der Waals surface area contributed by atoms with E-state index in [1.807, 2.05) is 40.9 Å². The average molecular weight is 365 g/mol. The first-order valence-electron chi connectivity index (χ1n) is 9.18. The monoisotopic (exact) mass is 365 g/mol. The van der Waals surface area contributed by atoms with Crippen molar-refractivity contribution in [1.29, 1.82) is 0 Å². The summed E-state index contributed by atoms with van der Waals surface area (Å²) in [5.74, 6) is 1.66. The predicted molar refractivity (Wildman–Crippen MR) is 104 cm³/mol. The molecule has 1 N–H and O–H groups in total. The molecule has 27 heavy (non-hydrogen) atoms. The first kappa shape index (κ1) is 17.3. The van der Waals surface area contributed by atoms with E-state index >= 15 is 0 Å². The fourth-order valence-corrected chi connectivity index (χ4v) is 3.43. The minimum Gasteiger partial charge on any atom is -0.497 e. The van der Waals surface area contributed by atoms with Gasteiger partial charge >= 0.3 is 0 Å². The van der Waals surface area contributed by atoms with E-state index in [1.165, 1.54) is 19.8 Å². The topological polar surface area (TPSA) is 71.8 Å². The smallest absolute Gasteiger partial charge is 0.217 e. The van der Waals surface area contributed by atoms with Gasteiger partial charge in [-0.2, -0.15) is 0 Å². The number of carbonyl (C=O) groups excluding carboxylic acids is 1. The molecule has 0 spiro atoms. The second-order valence-corrected chi connectivity index (χ2v) is 6.70. The van der Waals surface area contributed by atoms with Crippen LogP contribution < -0.4 is 15.0 Å². The molecule has 4 rings (SSSR count). The fraction of sp³-hybridized carbons (Fsp3) is 0.350. The van der Waals surface area contributed by atoms with Crippen LogP contribution in [0.3, 0.4) is 0 Å². The Morgan fingerprint density at radius 3 is 2.56 bits per heavy atom. The number of nitrogens with zero attached hydrogens (tertiary/aromatic N) is 4. The minimum absolute atomic E-state index is 0.0821. The third kappa shape index (κ3) is 3.45. The Balaban J connectivity index is 1.80. The summed E-state index contributed by atoms with van der Waals surface area (Å²) in [5.41, 5.74) is 3.41. The number of fused-ring (bicyclic) bond motifs is 1. The average Bonchev–Trinajstić information content (AvgIpc) is 3.34. The van der Waals surface area contributed by atoms with Gasteiger partial charge in [0.2, 0.25) is 5.91 Å². The molecular weight excluding hydrogens is 342 g/mol. The van der Waals surface area contributed by atoms with Gasteiger partial charge in [0.05, 0.1) is 25.0 Å². The molecule has 0 aliphatic carbocycles. The van der Waals surface area contributed by atoms with Crippen LogP contribution in [0.25, 0.3) is 16.9 Å². The second kappa shape index (κ2) is 7.26. The van der Waals surface area contributed by atoms with E-state index in [0.29, 0.717) is 6.54 Å². The molecule has 1 fully saturated rings. The van der Waals surface area contributed by atoms with Gasteiger partial charge in [-0.05, 0) is 49.2 Å². The van der Waals surface area contributed by atoms with Gasteiger partial charge in [0, 0.05) is 25.6 Å². The summed E-state index contributed by atoms with van der Waals surface area (Å²) in [6, 6.07) is 11.8. The lowest BCUT2D eigenvalue weighted by molar-refractivity contribution is -0.119. The Labute approximate surface area is 158 Å². The van der Waals surface area contributed by atoms with Crippen LogP contribution in [0.15, 0.2) is 36.4 Å². The third-order valence-electron chi connectivity index (χ3n) is 4.85. The molecule has 0 unspecified atom stereocenters. The number of carbonyl (C=O) groups is 1. The first-order chi connectivity index (χ1) is 13.2. The van der Waals surface area contributed by atoms with Crippen LogP contribution in [0.1, 0.15) is 25.5 Å². The minimum atomic E-state index is -0.0821. The standard InChI is InChI=1S/C20H23N5O2/c1-14(26)21-13-17-20(15-5-7-16(27-2)8-6-15)22-18-9-10-19(23-25(17)18)24-11-3-4-12-24/h5-10H,3-4,11-13H2,1-2H3,(H,21,26). The Hall–Kier alpha value is -3.09. The fourth-order valence-electron chi connectivity index (χ4n) is 3.43. The maximum Gasteiger partial charge on any atom is 0.217 e. The Morgan fingerprint density at radius 2 is 1.89 bits per heavy atom. The molecule has 1 aliphatic rings. The number of hydrogen-bond acceptors (Lipinski definition) is 5. The number of hydrogen-bond donors (Lipinski definition) is 1. The molecule has 0 radical (unpaired) electrons. The van der Waals surface area contributed by atoms with Crippen molar-refractivity contribution < 1.29 is 9.53 Å². The number of methoxy groups -OCH3 is 1. The van der Waals surface area contributed by atoms with Gasteiger partial charge in [0.15, 0.2) is 5.65 Å². The highest BCUT2D eigenvalue weighted by molar-refractivity contribution is 5.74. The molecule has 3 aromatic rings. The van der Waals surface area contributed by atoms with Crippen LogP contribution in [0, 0.1) is 0 Å². The zero-order valence-corrected chi connectivity index (χ0v) is 15.6. The summed E-state index contributed by atoms with van der Waals surface area (Å²) in [7, 11) is 1.64. The number of imidazole rings is 1. The SMILES string of the molecule is COc1ccc(-c2nc3ccc(N4CCCC4)nn3c2CNC(C)=O)cc1. The lowest BCUT2D eigenvalue weighted by Gasteiger charge is -2.16. The summed E-state index contributed by atoms with van der Waals surface area (Å²) in [4.78, 5) is 18.6. The highest BCUT2D eigenvalue weighted by Crippen LogP contribution is 2.27. The van der Waals surface area contributed by atoms with Crippen LogP contribution in [0.4, 0.5) is 5.82 Å². The van der Waals surface area contributed by atoms with E-state index in [4.69, 9.17) is 14.8 Å². The van der Waals surface area contributed by atoms with Crippen molar-refractivity contribution in [2.75, 3.05) is 25.1 Å². The quantitative estimate of drug-likeness (QED) is 0.753. The summed E-state index contributed by atoms with van der Waals surface area (Å²) in [5, 5.41) is 7.70. The van der Waals surface area contributed by atoms with Gasteiger partial charge in [0.1, 0.15) is 11.6 Å². The second-order valence-electron chi connectivity index (χ2n) is 6.70. The van der Waals surface area contributed by atoms with E-state index in [9.17, 15) is 4.79 Å². The van der Waals surface area contributed by atoms with Crippen molar-refractivity contribution >= 4 is 17.4 Å². The van der Waals surface area contributed by atoms with E-state index in [0.717, 1.165) is 47.3 Å². The Kier molecular flexibility index (Phi) is 4.66. The summed E-state index contributed by atoms with van der Waals surface area (Å²) in [6.45, 7) is 3.94. The van der Waals surface area contributed by atoms with E-state index in [2.05, 4.69) is 10.2 Å². The number of nitrogens with one attached hydrogen (secondary N) is 1. The molecule has 140 valence electrons. The van der Waals surface area contributed by atoms with E-state index in [-0.39, 0.29) is 5.91 Å². The number of benzene rings is 1. The van der Waals surface area contributed by atoms with Gasteiger partial charge in [-0.15, -0.1) is 5.10 Å². The molecule has 1 aliphatic heterocycles. The summed E-state index contributed by atoms with van der Waals surface area (Å²) in [6.07, 6.45) is 2.39. The number of rotatable bonds is 5. The van der Waals surface area contributed by atoms with Crippen molar-refractivity contribution in [2.24, 2.45) is 0 Å². The van der Waals surface area contributed by atoms with Crippen LogP contribution in [0.5, 0.6) is 5.75 Å². The maximum absolute atomic E-state index is 11.5. The van der Waals surface area contributed by atoms with E-state index < -0.39 is 0 Å². The number of anilines is 1. The maximum atomic E-state index is 11.5. The lowest BCUT2D eigenvalue weighted by atomic mass is 10.1. The molecule has 2 aromatic heterocycles. The van der Waals surface area contributed by atoms with Crippen molar-refractivity contribution in [3.63, 3.8) is 0 Å². The van der Waals surface area contributed by atoms with Crippen molar-refractivity contribution in [3.05, 3.63) is 42.1 Å². The van der Waals surface area contributed by atoms with Gasteiger partial charge in [0.25, 0.3) is 0 Å². The zero-order chi connectivity index (χ0) is 18.8. The third-order valence-corrected chi connectivity index (χ3v) is 4.85. The van der Waals surface area contributed by atoms with Crippen LogP contribution in [-0.2, 0) is 11.3 Å². The molecule has 1 aromatic carbocycles. The van der Waals surface area contributed by atoms with Crippen molar-refractivity contribution in [2.45, 2.75) is 26.3 Å². The van der Waals surface area contributed by atoms with E-state index in [1.54, 1.807) is 7.11 Å². The largest absolute Gasteiger partial charge is 0.497 e. The number of amides is 1. The molecular formula is C20H23N5O2. The molecule has 3 heterocycles. The molecule has 0 atom stereocenters. The zero-order valence-electron chi connectivity index (χ0n) is 15.6. The Morgan fingerprint density at radius 1 is 1.15 bits per heavy atom. The molecule has 1 saturated heterocycles. The van der Waals surface area contributed by atoms with Crippen LogP contribution in [0.2, 0.25) is 0 Å². The van der Waals surface area contributed by atoms with Gasteiger partial charge < -0.3 is 15.0 Å². The van der Waals surface area contributed by atoms with Gasteiger partial charge in [-0.25, -0.2) is 9.50 Å². The van der Waals surface area contributed by atoms with Crippen molar-refractivity contribution in [1.82, 2.24) is 19.9 Å². The molecule has 0 saturated carbocycles. The Bertz CT molecular complexity index is 958. The summed E-state index contributed by atoms with van der Waals surface area (Å²) < 4.78 is 7.10. The number of ether oxygens (including phenoxy) is 1. The first-order valence-corrected chi connectivity index (χ1v) is 9.18. The highest BCUT2D eigenvalue weighted by Gasteiger charge is 2.19. The van der Waals surface area contributed by atoms with Gasteiger partial charge in [-0.3, -0.25) is 4.79 Å². The predicted octanol–water partition coefficient (Wildman–Crippen LogP) is 2.64. The highest BCUT2D eigenvalue weighted by atomic mass is 16.5. The summed E-state index contributed by atoms with van der Waals surface area (Å²) >= 11 is 0. The van der Waals surface area contributed by atoms with Crippen molar-refractivity contribution in [3.8, 4) is 17.0 Å². The lowest BCUT2D eigenvalue weighted by Crippen LogP contribution is -2.22. The molecule has 7 heteroatoms. The molecule has 7 nitrogen and oxygen atoms in total. The van der Waals surface area contributed by atoms with Crippen LogP contribution in [-0.4, -0.2) is 40.7 Å². The number of aromatic nitrogens is 3. The van der Waals surface area contributed by atoms with Gasteiger partial charge in [-0.1, -0.05) is 0 Å². The molecule has 1 amide bonds. The normalized spacial score (nSPS) is 13.9. The molecule has 0 bridgehead atoms.